The Balaban J connectivity index is 1.61. The highest BCUT2D eigenvalue weighted by Crippen LogP contribution is 2.35. The topological polar surface area (TPSA) is 12.4 Å². The second-order valence-electron chi connectivity index (χ2n) is 8.46. The van der Waals surface area contributed by atoms with E-state index in [2.05, 4.69) is 110 Å². The van der Waals surface area contributed by atoms with Crippen LogP contribution in [-0.2, 0) is 0 Å². The Morgan fingerprint density at radius 3 is 1.71 bits per heavy atom. The third kappa shape index (κ3) is 4.81. The van der Waals surface area contributed by atoms with E-state index in [1.807, 2.05) is 12.1 Å². The summed E-state index contributed by atoms with van der Waals surface area (Å²) >= 11 is 6.65. The molecule has 34 heavy (non-hydrogen) atoms. The van der Waals surface area contributed by atoms with Gasteiger partial charge >= 0.3 is 0 Å². The third-order valence-electron chi connectivity index (χ3n) is 6.24. The third-order valence-corrected chi connectivity index (χ3v) is 6.45. The van der Waals surface area contributed by atoms with Gasteiger partial charge < -0.3 is 0 Å². The minimum Gasteiger partial charge on any atom is -0.240 e. The Kier molecular flexibility index (Phi) is 6.56. The van der Waals surface area contributed by atoms with Crippen molar-refractivity contribution in [3.63, 3.8) is 0 Å². The Morgan fingerprint density at radius 2 is 1.12 bits per heavy atom. The van der Waals surface area contributed by atoms with Gasteiger partial charge in [0.25, 0.3) is 0 Å². The molecule has 4 aromatic carbocycles. The van der Waals surface area contributed by atoms with E-state index in [0.717, 1.165) is 17.7 Å². The van der Waals surface area contributed by atoms with Crippen LogP contribution in [-0.4, -0.2) is 5.17 Å². The second-order valence-corrected chi connectivity index (χ2v) is 8.90. The molecule has 0 aliphatic carbocycles. The highest BCUT2D eigenvalue weighted by Gasteiger charge is 2.16. The molecule has 1 aliphatic rings. The van der Waals surface area contributed by atoms with E-state index in [9.17, 15) is 0 Å². The highest BCUT2D eigenvalue weighted by molar-refractivity contribution is 6.66. The predicted octanol–water partition coefficient (Wildman–Crippen LogP) is 9.27. The number of hydrogen-bond donors (Lipinski definition) is 0. The standard InChI is InChI=1S/C32H26ClN/c1-2-23-21-32(33)34-31(29-18-10-16-27(20-29)25-13-7-4-8-14-25)22-30(23)28-17-9-15-26(19-28)24-11-5-3-6-12-24/h3-20,22H,2,21H2,1H3. The summed E-state index contributed by atoms with van der Waals surface area (Å²) in [5, 5.41) is 0.627. The average Bonchev–Trinajstić information content (AvgIpc) is 3.08. The monoisotopic (exact) mass is 459 g/mol. The zero-order valence-corrected chi connectivity index (χ0v) is 20.0. The zero-order chi connectivity index (χ0) is 23.3. The fraction of sp³-hybridized carbons (Fsp3) is 0.0938. The molecule has 2 heteroatoms. The maximum Gasteiger partial charge on any atom is 0.111 e. The number of aliphatic imine (C=N–C) groups is 1. The van der Waals surface area contributed by atoms with Crippen LogP contribution in [0.1, 0.15) is 30.9 Å². The van der Waals surface area contributed by atoms with Crippen molar-refractivity contribution < 1.29 is 0 Å². The van der Waals surface area contributed by atoms with Gasteiger partial charge in [0.1, 0.15) is 5.17 Å². The molecule has 1 heterocycles. The largest absolute Gasteiger partial charge is 0.240 e. The van der Waals surface area contributed by atoms with Crippen molar-refractivity contribution in [3.05, 3.63) is 132 Å². The normalized spacial score (nSPS) is 13.8. The SMILES string of the molecule is CCC1=C(c2cccc(-c3ccccc3)c2)C=C(c2cccc(-c3ccccc3)c2)N=C(Cl)C1. The van der Waals surface area contributed by atoms with E-state index in [1.165, 1.54) is 39.0 Å². The van der Waals surface area contributed by atoms with E-state index >= 15 is 0 Å². The van der Waals surface area contributed by atoms with Gasteiger partial charge in [0, 0.05) is 12.0 Å². The van der Waals surface area contributed by atoms with Crippen molar-refractivity contribution in [2.45, 2.75) is 19.8 Å². The van der Waals surface area contributed by atoms with Gasteiger partial charge in [0.15, 0.2) is 0 Å². The molecule has 0 amide bonds. The van der Waals surface area contributed by atoms with Crippen molar-refractivity contribution in [3.8, 4) is 22.3 Å². The van der Waals surface area contributed by atoms with Crippen LogP contribution in [0.3, 0.4) is 0 Å². The molecule has 0 atom stereocenters. The average molecular weight is 460 g/mol. The summed E-state index contributed by atoms with van der Waals surface area (Å²) in [5.74, 6) is 0. The van der Waals surface area contributed by atoms with Gasteiger partial charge in [-0.25, -0.2) is 4.99 Å². The van der Waals surface area contributed by atoms with Gasteiger partial charge in [-0.3, -0.25) is 0 Å². The number of hydrogen-bond acceptors (Lipinski definition) is 1. The highest BCUT2D eigenvalue weighted by atomic mass is 35.5. The lowest BCUT2D eigenvalue weighted by Gasteiger charge is -2.12. The van der Waals surface area contributed by atoms with Gasteiger partial charge in [-0.15, -0.1) is 0 Å². The molecule has 0 radical (unpaired) electrons. The van der Waals surface area contributed by atoms with Crippen LogP contribution in [0.15, 0.2) is 126 Å². The molecular formula is C32H26ClN. The minimum absolute atomic E-state index is 0.627. The van der Waals surface area contributed by atoms with E-state index in [1.54, 1.807) is 0 Å². The van der Waals surface area contributed by atoms with Crippen LogP contribution in [0.5, 0.6) is 0 Å². The summed E-state index contributed by atoms with van der Waals surface area (Å²) in [6, 6.07) is 38.2. The predicted molar refractivity (Wildman–Crippen MR) is 147 cm³/mol. The second kappa shape index (κ2) is 10.1. The van der Waals surface area contributed by atoms with Gasteiger partial charge in [0.05, 0.1) is 5.70 Å². The Bertz CT molecular complexity index is 1400. The van der Waals surface area contributed by atoms with Crippen molar-refractivity contribution in [2.24, 2.45) is 4.99 Å². The summed E-state index contributed by atoms with van der Waals surface area (Å²) < 4.78 is 0. The Labute approximate surface area is 206 Å². The molecule has 166 valence electrons. The molecular weight excluding hydrogens is 434 g/mol. The number of nitrogens with zero attached hydrogens (tertiary/aromatic N) is 1. The van der Waals surface area contributed by atoms with Crippen LogP contribution in [0.4, 0.5) is 0 Å². The fourth-order valence-corrected chi connectivity index (χ4v) is 4.70. The lowest BCUT2D eigenvalue weighted by atomic mass is 9.92. The van der Waals surface area contributed by atoms with Crippen LogP contribution in [0, 0.1) is 0 Å². The van der Waals surface area contributed by atoms with Crippen molar-refractivity contribution >= 4 is 28.0 Å². The van der Waals surface area contributed by atoms with E-state index < -0.39 is 0 Å². The first-order chi connectivity index (χ1) is 16.7. The first-order valence-electron chi connectivity index (χ1n) is 11.7. The van der Waals surface area contributed by atoms with Crippen LogP contribution < -0.4 is 0 Å². The molecule has 0 bridgehead atoms. The molecule has 0 saturated heterocycles. The first kappa shape index (κ1) is 22.1. The molecule has 0 fully saturated rings. The smallest absolute Gasteiger partial charge is 0.111 e. The summed E-state index contributed by atoms with van der Waals surface area (Å²) in [4.78, 5) is 4.84. The number of rotatable bonds is 5. The van der Waals surface area contributed by atoms with Gasteiger partial charge in [0.2, 0.25) is 0 Å². The van der Waals surface area contributed by atoms with Crippen LogP contribution in [0.25, 0.3) is 33.5 Å². The van der Waals surface area contributed by atoms with Gasteiger partial charge in [-0.2, -0.15) is 0 Å². The molecule has 1 aliphatic heterocycles. The first-order valence-corrected chi connectivity index (χ1v) is 12.1. The van der Waals surface area contributed by atoms with Crippen molar-refractivity contribution in [1.29, 1.82) is 0 Å². The summed E-state index contributed by atoms with van der Waals surface area (Å²) in [5.41, 5.74) is 10.4. The van der Waals surface area contributed by atoms with E-state index in [-0.39, 0.29) is 0 Å². The molecule has 0 spiro atoms. The van der Waals surface area contributed by atoms with E-state index in [0.29, 0.717) is 11.6 Å². The lowest BCUT2D eigenvalue weighted by Crippen LogP contribution is -1.94. The van der Waals surface area contributed by atoms with Crippen LogP contribution in [0.2, 0.25) is 0 Å². The zero-order valence-electron chi connectivity index (χ0n) is 19.2. The van der Waals surface area contributed by atoms with E-state index in [4.69, 9.17) is 16.6 Å². The number of benzene rings is 4. The molecule has 0 aromatic heterocycles. The molecule has 4 aromatic rings. The van der Waals surface area contributed by atoms with Crippen molar-refractivity contribution in [2.75, 3.05) is 0 Å². The fourth-order valence-electron chi connectivity index (χ4n) is 4.45. The summed E-state index contributed by atoms with van der Waals surface area (Å²) in [6.07, 6.45) is 3.80. The Hall–Kier alpha value is -3.68. The quantitative estimate of drug-likeness (QED) is 0.282. The molecule has 0 saturated carbocycles. The van der Waals surface area contributed by atoms with Crippen LogP contribution >= 0.6 is 11.6 Å². The van der Waals surface area contributed by atoms with Gasteiger partial charge in [-0.1, -0.05) is 121 Å². The summed E-state index contributed by atoms with van der Waals surface area (Å²) in [7, 11) is 0. The molecule has 0 unspecified atom stereocenters. The number of allylic oxidation sites excluding steroid dienone is 3. The summed E-state index contributed by atoms with van der Waals surface area (Å²) in [6.45, 7) is 2.19. The van der Waals surface area contributed by atoms with Crippen molar-refractivity contribution in [1.82, 2.24) is 0 Å². The Morgan fingerprint density at radius 1 is 0.618 bits per heavy atom. The molecule has 1 nitrogen and oxygen atoms in total. The maximum absolute atomic E-state index is 6.65. The maximum atomic E-state index is 6.65. The lowest BCUT2D eigenvalue weighted by molar-refractivity contribution is 1.07. The number of halogens is 1. The minimum atomic E-state index is 0.627. The van der Waals surface area contributed by atoms with Gasteiger partial charge in [-0.05, 0) is 58.0 Å². The molecule has 5 rings (SSSR count). The molecule has 0 N–H and O–H groups in total.